The first-order chi connectivity index (χ1) is 16.6. The van der Waals surface area contributed by atoms with Crippen molar-refractivity contribution in [3.63, 3.8) is 0 Å². The van der Waals surface area contributed by atoms with Gasteiger partial charge in [0.1, 0.15) is 7.59 Å². The van der Waals surface area contributed by atoms with E-state index in [2.05, 4.69) is 163 Å². The van der Waals surface area contributed by atoms with Crippen molar-refractivity contribution in [2.75, 3.05) is 0 Å². The molecule has 0 radical (unpaired) electrons. The van der Waals surface area contributed by atoms with Gasteiger partial charge in [-0.05, 0) is 0 Å². The smallest absolute Gasteiger partial charge is 0.0741 e. The van der Waals surface area contributed by atoms with Crippen molar-refractivity contribution in [3.8, 4) is 0 Å². The molecular formula is C29H48Si7. The Kier molecular flexibility index (Phi) is 6.94. The molecule has 0 bridgehead atoms. The van der Waals surface area contributed by atoms with Gasteiger partial charge in [-0.2, -0.15) is 0 Å². The van der Waals surface area contributed by atoms with Crippen molar-refractivity contribution >= 4 is 65.3 Å². The van der Waals surface area contributed by atoms with Gasteiger partial charge in [0, 0.05) is 42.2 Å². The van der Waals surface area contributed by atoms with Gasteiger partial charge < -0.3 is 0 Å². The average molecular weight is 593 g/mol. The molecule has 0 aromatic heterocycles. The Hall–Kier alpha value is -0.822. The van der Waals surface area contributed by atoms with E-state index in [0.29, 0.717) is 0 Å². The van der Waals surface area contributed by atoms with E-state index in [1.54, 1.807) is 15.6 Å². The van der Waals surface area contributed by atoms with Gasteiger partial charge in [0.2, 0.25) is 0 Å². The minimum atomic E-state index is -2.30. The summed E-state index contributed by atoms with van der Waals surface area (Å²) >= 11 is 0. The summed E-state index contributed by atoms with van der Waals surface area (Å²) in [4.78, 5) is 0. The zero-order valence-corrected chi connectivity index (χ0v) is 31.7. The molecule has 0 spiro atoms. The maximum Gasteiger partial charge on any atom is 0.134 e. The van der Waals surface area contributed by atoms with Crippen LogP contribution < -0.4 is 15.6 Å². The lowest BCUT2D eigenvalue weighted by molar-refractivity contribution is 1.68. The quantitative estimate of drug-likeness (QED) is 0.245. The lowest BCUT2D eigenvalue weighted by Crippen LogP contribution is -3.09. The minimum Gasteiger partial charge on any atom is -0.0741 e. The van der Waals surface area contributed by atoms with Gasteiger partial charge in [-0.25, -0.2) is 0 Å². The lowest BCUT2D eigenvalue weighted by Gasteiger charge is -2.76. The summed E-state index contributed by atoms with van der Waals surface area (Å²) in [6, 6.07) is 36.1. The Morgan fingerprint density at radius 3 is 0.806 bits per heavy atom. The van der Waals surface area contributed by atoms with Crippen LogP contribution in [0.4, 0.5) is 0 Å². The van der Waals surface area contributed by atoms with Crippen LogP contribution in [0.1, 0.15) is 0 Å². The molecule has 1 fully saturated rings. The Balaban J connectivity index is 2.32. The van der Waals surface area contributed by atoms with E-state index in [9.17, 15) is 0 Å². The number of benzene rings is 3. The van der Waals surface area contributed by atoms with E-state index in [-0.39, 0.29) is 0 Å². The van der Waals surface area contributed by atoms with Crippen LogP contribution in [-0.2, 0) is 0 Å². The van der Waals surface area contributed by atoms with Crippen molar-refractivity contribution in [2.24, 2.45) is 0 Å². The van der Waals surface area contributed by atoms with Crippen LogP contribution >= 0.6 is 0 Å². The maximum atomic E-state index is 3.04. The molecule has 1 aliphatic rings. The van der Waals surface area contributed by atoms with Crippen LogP contribution in [0, 0.1) is 0 Å². The number of hydrogen-bond acceptors (Lipinski definition) is 0. The van der Waals surface area contributed by atoms with Crippen LogP contribution in [-0.4, -0.2) is 49.8 Å². The van der Waals surface area contributed by atoms with E-state index in [4.69, 9.17) is 0 Å². The van der Waals surface area contributed by atoms with Crippen LogP contribution in [0.5, 0.6) is 0 Å². The molecule has 1 saturated heterocycles. The van der Waals surface area contributed by atoms with Crippen LogP contribution in [0.15, 0.2) is 91.0 Å². The largest absolute Gasteiger partial charge is 0.134 e. The third-order valence-corrected chi connectivity index (χ3v) is 197. The molecule has 3 aromatic rings. The fourth-order valence-corrected chi connectivity index (χ4v) is 318. The average Bonchev–Trinajstić information content (AvgIpc) is 2.85. The van der Waals surface area contributed by atoms with Crippen molar-refractivity contribution < 1.29 is 0 Å². The molecule has 0 aliphatic carbocycles. The predicted molar refractivity (Wildman–Crippen MR) is 183 cm³/mol. The highest BCUT2D eigenvalue weighted by Crippen LogP contribution is 2.54. The SMILES string of the molecule is C[Si]1(C)[Si](C)(C)[Si](C)(C)[Si](C)([Si](c2ccccc2)(c2ccccc2)c2ccccc2)[Si](C)(C)[Si]1(C)C. The Morgan fingerprint density at radius 2 is 0.556 bits per heavy atom. The Morgan fingerprint density at radius 1 is 0.333 bits per heavy atom. The van der Waals surface area contributed by atoms with Crippen LogP contribution in [0.2, 0.25) is 72.0 Å². The Bertz CT molecular complexity index is 1090. The molecular weight excluding hydrogens is 545 g/mol. The molecule has 0 nitrogen and oxygen atoms in total. The fraction of sp³-hybridized carbons (Fsp3) is 0.379. The van der Waals surface area contributed by atoms with E-state index < -0.39 is 49.8 Å². The zero-order chi connectivity index (χ0) is 26.8. The molecule has 4 rings (SSSR count). The van der Waals surface area contributed by atoms with Crippen LogP contribution in [0.25, 0.3) is 0 Å². The highest BCUT2D eigenvalue weighted by Gasteiger charge is 2.82. The molecule has 36 heavy (non-hydrogen) atoms. The maximum absolute atomic E-state index is 3.04. The number of hydrogen-bond donors (Lipinski definition) is 0. The van der Waals surface area contributed by atoms with Crippen molar-refractivity contribution in [2.45, 2.75) is 72.0 Å². The Labute approximate surface area is 227 Å². The first kappa shape index (κ1) is 28.2. The minimum absolute atomic E-state index is 1.33. The molecule has 3 aromatic carbocycles. The molecule has 7 heteroatoms. The first-order valence-electron chi connectivity index (χ1n) is 13.7. The van der Waals surface area contributed by atoms with E-state index in [0.717, 1.165) is 0 Å². The summed E-state index contributed by atoms with van der Waals surface area (Å²) in [7, 11) is -9.75. The van der Waals surface area contributed by atoms with Gasteiger partial charge in [-0.3, -0.25) is 0 Å². The normalized spacial score (nSPS) is 23.1. The third-order valence-electron chi connectivity index (χ3n) is 13.1. The van der Waals surface area contributed by atoms with Crippen molar-refractivity contribution in [1.29, 1.82) is 0 Å². The summed E-state index contributed by atoms with van der Waals surface area (Å²) in [6.45, 7) is 30.4. The highest BCUT2D eigenvalue weighted by atomic mass is 30.3. The van der Waals surface area contributed by atoms with Gasteiger partial charge in [-0.1, -0.05) is 179 Å². The van der Waals surface area contributed by atoms with Gasteiger partial charge in [-0.15, -0.1) is 0 Å². The molecule has 0 N–H and O–H groups in total. The standard InChI is InChI=1S/C29H48Si7/c1-30(2)31(3,4)33(7,8)35(11,34(9,10)32(30,5)6)36(27-21-15-12-16-22-27,28-23-17-13-18-24-28)29-25-19-14-20-26-29/h12-26H,1-11H3. The molecule has 1 heterocycles. The first-order valence-corrected chi connectivity index (χ1v) is 40.2. The fourth-order valence-electron chi connectivity index (χ4n) is 8.74. The molecule has 0 unspecified atom stereocenters. The summed E-state index contributed by atoms with van der Waals surface area (Å²) in [5, 5.41) is 5.11. The van der Waals surface area contributed by atoms with Gasteiger partial charge in [0.25, 0.3) is 0 Å². The summed E-state index contributed by atoms with van der Waals surface area (Å²) < 4.78 is 0. The van der Waals surface area contributed by atoms with Gasteiger partial charge in [0.15, 0.2) is 0 Å². The summed E-state index contributed by atoms with van der Waals surface area (Å²) in [5.74, 6) is 0. The highest BCUT2D eigenvalue weighted by molar-refractivity contribution is 8.21. The second-order valence-electron chi connectivity index (χ2n) is 14.1. The lowest BCUT2D eigenvalue weighted by atomic mass is 10.3. The topological polar surface area (TPSA) is 0 Å². The van der Waals surface area contributed by atoms with Crippen LogP contribution in [0.3, 0.4) is 0 Å². The van der Waals surface area contributed by atoms with Gasteiger partial charge >= 0.3 is 0 Å². The van der Waals surface area contributed by atoms with Crippen molar-refractivity contribution in [1.82, 2.24) is 0 Å². The summed E-state index contributed by atoms with van der Waals surface area (Å²) in [5.41, 5.74) is 0. The molecule has 192 valence electrons. The second-order valence-corrected chi connectivity index (χ2v) is 96.6. The monoisotopic (exact) mass is 592 g/mol. The molecule has 0 saturated carbocycles. The second kappa shape index (κ2) is 8.86. The zero-order valence-electron chi connectivity index (χ0n) is 24.7. The summed E-state index contributed by atoms with van der Waals surface area (Å²) in [6.07, 6.45) is 0. The van der Waals surface area contributed by atoms with E-state index in [1.807, 2.05) is 0 Å². The van der Waals surface area contributed by atoms with E-state index >= 15 is 0 Å². The van der Waals surface area contributed by atoms with Gasteiger partial charge in [0.05, 0.1) is 0 Å². The molecule has 0 amide bonds. The predicted octanol–water partition coefficient (Wildman–Crippen LogP) is 6.34. The molecule has 0 atom stereocenters. The van der Waals surface area contributed by atoms with Crippen molar-refractivity contribution in [3.05, 3.63) is 91.0 Å². The molecule has 1 aliphatic heterocycles. The third kappa shape index (κ3) is 3.17. The van der Waals surface area contributed by atoms with E-state index in [1.165, 1.54) is 0 Å². The number of rotatable bonds is 4.